The summed E-state index contributed by atoms with van der Waals surface area (Å²) in [5, 5.41) is 2.91. The van der Waals surface area contributed by atoms with E-state index in [9.17, 15) is 9.59 Å². The summed E-state index contributed by atoms with van der Waals surface area (Å²) in [6, 6.07) is 15.0. The molecule has 0 aliphatic carbocycles. The fourth-order valence-electron chi connectivity index (χ4n) is 2.67. The van der Waals surface area contributed by atoms with E-state index in [1.165, 1.54) is 6.92 Å². The van der Waals surface area contributed by atoms with Crippen molar-refractivity contribution in [3.8, 4) is 0 Å². The first-order chi connectivity index (χ1) is 11.1. The van der Waals surface area contributed by atoms with Crippen molar-refractivity contribution >= 4 is 22.9 Å². The zero-order valence-electron chi connectivity index (χ0n) is 13.2. The first-order valence-corrected chi connectivity index (χ1v) is 7.61. The molecule has 2 aromatic heterocycles. The standard InChI is InChI=1S/C19H18N2O2/c1-3-14-7-6-8-15(11-14)20-19(23)16-12-18(13(2)22)21-10-5-4-9-17(16)21/h4-12H,3H2,1-2H3,(H,20,23). The van der Waals surface area contributed by atoms with E-state index in [1.807, 2.05) is 42.5 Å². The van der Waals surface area contributed by atoms with Gasteiger partial charge in [0.25, 0.3) is 5.91 Å². The molecule has 3 rings (SSSR count). The highest BCUT2D eigenvalue weighted by Gasteiger charge is 2.17. The van der Waals surface area contributed by atoms with Gasteiger partial charge < -0.3 is 9.72 Å². The van der Waals surface area contributed by atoms with E-state index in [0.29, 0.717) is 11.3 Å². The minimum Gasteiger partial charge on any atom is -0.322 e. The van der Waals surface area contributed by atoms with Gasteiger partial charge in [0.15, 0.2) is 5.78 Å². The van der Waals surface area contributed by atoms with Crippen molar-refractivity contribution in [3.63, 3.8) is 0 Å². The maximum absolute atomic E-state index is 12.6. The number of fused-ring (bicyclic) bond motifs is 1. The number of nitrogens with zero attached hydrogens (tertiary/aromatic N) is 1. The van der Waals surface area contributed by atoms with Crippen LogP contribution < -0.4 is 5.32 Å². The van der Waals surface area contributed by atoms with Gasteiger partial charge in [-0.25, -0.2) is 0 Å². The van der Waals surface area contributed by atoms with Crippen LogP contribution in [0.15, 0.2) is 54.7 Å². The van der Waals surface area contributed by atoms with E-state index in [2.05, 4.69) is 12.2 Å². The van der Waals surface area contributed by atoms with Crippen molar-refractivity contribution in [1.29, 1.82) is 0 Å². The fourth-order valence-corrected chi connectivity index (χ4v) is 2.67. The predicted molar refractivity (Wildman–Crippen MR) is 91.2 cm³/mol. The minimum atomic E-state index is -0.213. The number of hydrogen-bond donors (Lipinski definition) is 1. The molecule has 1 amide bonds. The molecule has 0 saturated carbocycles. The number of carbonyl (C=O) groups is 2. The van der Waals surface area contributed by atoms with Gasteiger partial charge >= 0.3 is 0 Å². The van der Waals surface area contributed by atoms with E-state index in [1.54, 1.807) is 16.7 Å². The van der Waals surface area contributed by atoms with E-state index >= 15 is 0 Å². The van der Waals surface area contributed by atoms with Crippen molar-refractivity contribution in [1.82, 2.24) is 4.40 Å². The molecular formula is C19H18N2O2. The largest absolute Gasteiger partial charge is 0.322 e. The topological polar surface area (TPSA) is 50.6 Å². The average molecular weight is 306 g/mol. The zero-order chi connectivity index (χ0) is 16.4. The van der Waals surface area contributed by atoms with Crippen LogP contribution in [0.1, 0.15) is 40.3 Å². The van der Waals surface area contributed by atoms with Crippen molar-refractivity contribution in [2.75, 3.05) is 5.32 Å². The van der Waals surface area contributed by atoms with Gasteiger partial charge in [0.2, 0.25) is 0 Å². The summed E-state index contributed by atoms with van der Waals surface area (Å²) < 4.78 is 1.75. The average Bonchev–Trinajstić information content (AvgIpc) is 2.95. The van der Waals surface area contributed by atoms with Gasteiger partial charge in [0.05, 0.1) is 16.8 Å². The molecule has 0 unspecified atom stereocenters. The molecule has 0 radical (unpaired) electrons. The Morgan fingerprint density at radius 1 is 1.09 bits per heavy atom. The molecule has 0 fully saturated rings. The lowest BCUT2D eigenvalue weighted by atomic mass is 10.1. The Morgan fingerprint density at radius 2 is 1.91 bits per heavy atom. The molecule has 0 aliphatic heterocycles. The normalized spacial score (nSPS) is 10.7. The monoisotopic (exact) mass is 306 g/mol. The van der Waals surface area contributed by atoms with Gasteiger partial charge in [0, 0.05) is 18.8 Å². The first-order valence-electron chi connectivity index (χ1n) is 7.61. The third-order valence-corrected chi connectivity index (χ3v) is 3.87. The second-order valence-electron chi connectivity index (χ2n) is 5.46. The highest BCUT2D eigenvalue weighted by Crippen LogP contribution is 2.20. The molecule has 0 saturated heterocycles. The zero-order valence-corrected chi connectivity index (χ0v) is 13.2. The number of ketones is 1. The summed E-state index contributed by atoms with van der Waals surface area (Å²) in [5.74, 6) is -0.285. The van der Waals surface area contributed by atoms with Gasteiger partial charge in [-0.05, 0) is 42.3 Å². The quantitative estimate of drug-likeness (QED) is 0.742. The van der Waals surface area contributed by atoms with Crippen LogP contribution >= 0.6 is 0 Å². The lowest BCUT2D eigenvalue weighted by Crippen LogP contribution is -2.11. The van der Waals surface area contributed by atoms with Crippen LogP contribution in [0, 0.1) is 0 Å². The van der Waals surface area contributed by atoms with Crippen LogP contribution in [0.5, 0.6) is 0 Å². The number of hydrogen-bond acceptors (Lipinski definition) is 2. The van der Waals surface area contributed by atoms with Crippen LogP contribution in [-0.2, 0) is 6.42 Å². The van der Waals surface area contributed by atoms with Crippen molar-refractivity contribution in [2.24, 2.45) is 0 Å². The SMILES string of the molecule is CCc1cccc(NC(=O)c2cc(C(C)=O)n3ccccc23)c1. The number of Topliss-reactive ketones (excluding diaryl/α,β-unsaturated/α-hetero) is 1. The molecule has 0 aliphatic rings. The number of anilines is 1. The molecule has 4 nitrogen and oxygen atoms in total. The van der Waals surface area contributed by atoms with Gasteiger partial charge in [-0.15, -0.1) is 0 Å². The number of carbonyl (C=O) groups excluding carboxylic acids is 2. The smallest absolute Gasteiger partial charge is 0.257 e. The number of amides is 1. The Bertz CT molecular complexity index is 893. The molecule has 4 heteroatoms. The Hall–Kier alpha value is -2.88. The van der Waals surface area contributed by atoms with E-state index in [4.69, 9.17) is 0 Å². The van der Waals surface area contributed by atoms with Crippen LogP contribution in [0.2, 0.25) is 0 Å². The third kappa shape index (κ3) is 2.88. The maximum Gasteiger partial charge on any atom is 0.257 e. The summed E-state index contributed by atoms with van der Waals surface area (Å²) in [4.78, 5) is 24.4. The Balaban J connectivity index is 1.99. The Kier molecular flexibility index (Phi) is 3.98. The molecule has 0 bridgehead atoms. The molecule has 0 atom stereocenters. The Morgan fingerprint density at radius 3 is 2.65 bits per heavy atom. The summed E-state index contributed by atoms with van der Waals surface area (Å²) in [6.45, 7) is 3.57. The fraction of sp³-hybridized carbons (Fsp3) is 0.158. The van der Waals surface area contributed by atoms with Gasteiger partial charge in [-0.2, -0.15) is 0 Å². The van der Waals surface area contributed by atoms with Crippen LogP contribution in [0.25, 0.3) is 5.52 Å². The maximum atomic E-state index is 12.6. The van der Waals surface area contributed by atoms with Crippen LogP contribution in [0.3, 0.4) is 0 Å². The number of nitrogens with one attached hydrogen (secondary N) is 1. The lowest BCUT2D eigenvalue weighted by molar-refractivity contribution is 0.101. The van der Waals surface area contributed by atoms with Crippen LogP contribution in [0.4, 0.5) is 5.69 Å². The molecule has 3 aromatic rings. The number of aryl methyl sites for hydroxylation is 1. The first kappa shape index (κ1) is 15.0. The molecular weight excluding hydrogens is 288 g/mol. The molecule has 1 N–H and O–H groups in total. The van der Waals surface area contributed by atoms with E-state index in [-0.39, 0.29) is 11.7 Å². The lowest BCUT2D eigenvalue weighted by Gasteiger charge is -2.06. The number of aromatic nitrogens is 1. The van der Waals surface area contributed by atoms with E-state index < -0.39 is 0 Å². The summed E-state index contributed by atoms with van der Waals surface area (Å²) in [6.07, 6.45) is 2.70. The molecule has 0 spiro atoms. The Labute approximate surface area is 134 Å². The molecule has 1 aromatic carbocycles. The number of pyridine rings is 1. The summed E-state index contributed by atoms with van der Waals surface area (Å²) in [5.41, 5.74) is 3.65. The summed E-state index contributed by atoms with van der Waals surface area (Å²) in [7, 11) is 0. The van der Waals surface area contributed by atoms with Gasteiger partial charge in [-0.1, -0.05) is 25.1 Å². The van der Waals surface area contributed by atoms with Crippen molar-refractivity contribution < 1.29 is 9.59 Å². The molecule has 23 heavy (non-hydrogen) atoms. The van der Waals surface area contributed by atoms with Crippen molar-refractivity contribution in [3.05, 3.63) is 71.5 Å². The van der Waals surface area contributed by atoms with Gasteiger partial charge in [0.1, 0.15) is 0 Å². The highest BCUT2D eigenvalue weighted by atomic mass is 16.1. The van der Waals surface area contributed by atoms with E-state index in [0.717, 1.165) is 23.2 Å². The number of benzene rings is 1. The molecule has 2 heterocycles. The van der Waals surface area contributed by atoms with Gasteiger partial charge in [-0.3, -0.25) is 9.59 Å². The second kappa shape index (κ2) is 6.08. The summed E-state index contributed by atoms with van der Waals surface area (Å²) >= 11 is 0. The highest BCUT2D eigenvalue weighted by molar-refractivity contribution is 6.11. The van der Waals surface area contributed by atoms with Crippen LogP contribution in [-0.4, -0.2) is 16.1 Å². The molecule has 116 valence electrons. The third-order valence-electron chi connectivity index (χ3n) is 3.87. The predicted octanol–water partition coefficient (Wildman–Crippen LogP) is 3.96. The minimum absolute atomic E-state index is 0.0711. The van der Waals surface area contributed by atoms with Crippen molar-refractivity contribution in [2.45, 2.75) is 20.3 Å². The second-order valence-corrected chi connectivity index (χ2v) is 5.46. The number of rotatable bonds is 4.